The van der Waals surface area contributed by atoms with Gasteiger partial charge in [-0.15, -0.1) is 0 Å². The second-order valence-corrected chi connectivity index (χ2v) is 3.78. The molecular formula is C11H14FN3O2. The van der Waals surface area contributed by atoms with Crippen LogP contribution in [0.3, 0.4) is 0 Å². The van der Waals surface area contributed by atoms with Crippen LogP contribution in [0.25, 0.3) is 0 Å². The first-order valence-corrected chi connectivity index (χ1v) is 5.00. The molecule has 17 heavy (non-hydrogen) atoms. The first-order chi connectivity index (χ1) is 7.88. The number of carbonyl (C=O) groups excluding carboxylic acids is 2. The summed E-state index contributed by atoms with van der Waals surface area (Å²) in [4.78, 5) is 22.1. The number of nitrogens with two attached hydrogens (primary N) is 2. The van der Waals surface area contributed by atoms with Gasteiger partial charge in [0.1, 0.15) is 5.82 Å². The molecule has 1 atom stereocenters. The molecule has 5 N–H and O–H groups in total. The molecule has 1 rings (SSSR count). The number of carbonyl (C=O) groups is 2. The highest BCUT2D eigenvalue weighted by Gasteiger charge is 2.16. The lowest BCUT2D eigenvalue weighted by atomic mass is 10.1. The maximum Gasteiger partial charge on any atom is 0.241 e. The number of benzene rings is 1. The Morgan fingerprint density at radius 2 is 2.06 bits per heavy atom. The van der Waals surface area contributed by atoms with Crippen molar-refractivity contribution in [2.75, 3.05) is 5.32 Å². The maximum atomic E-state index is 13.0. The number of anilines is 1. The van der Waals surface area contributed by atoms with Crippen LogP contribution in [0.5, 0.6) is 0 Å². The molecule has 1 aromatic rings. The highest BCUT2D eigenvalue weighted by molar-refractivity contribution is 5.97. The fourth-order valence-electron chi connectivity index (χ4n) is 1.35. The molecule has 2 amide bonds. The zero-order valence-corrected chi connectivity index (χ0v) is 9.37. The quantitative estimate of drug-likeness (QED) is 0.703. The summed E-state index contributed by atoms with van der Waals surface area (Å²) in [6.45, 7) is 1.70. The molecule has 0 fully saturated rings. The lowest BCUT2D eigenvalue weighted by molar-refractivity contribution is -0.123. The first-order valence-electron chi connectivity index (χ1n) is 5.00. The summed E-state index contributed by atoms with van der Waals surface area (Å²) in [6.07, 6.45) is -0.250. The highest BCUT2D eigenvalue weighted by Crippen LogP contribution is 2.13. The molecule has 5 nitrogen and oxygen atoms in total. The second kappa shape index (κ2) is 5.40. The molecule has 0 aliphatic carbocycles. The predicted octanol–water partition coefficient (Wildman–Crippen LogP) is 0.275. The monoisotopic (exact) mass is 239 g/mol. The van der Waals surface area contributed by atoms with Crippen molar-refractivity contribution < 1.29 is 14.0 Å². The minimum atomic E-state index is -1.03. The highest BCUT2D eigenvalue weighted by atomic mass is 19.1. The molecule has 0 aliphatic heterocycles. The molecule has 0 spiro atoms. The number of halogens is 1. The molecule has 0 heterocycles. The maximum absolute atomic E-state index is 13.0. The molecule has 1 unspecified atom stereocenters. The number of aryl methyl sites for hydroxylation is 1. The summed E-state index contributed by atoms with van der Waals surface area (Å²) in [5, 5.41) is 2.42. The van der Waals surface area contributed by atoms with E-state index in [2.05, 4.69) is 5.32 Å². The van der Waals surface area contributed by atoms with E-state index in [-0.39, 0.29) is 6.42 Å². The third-order valence-corrected chi connectivity index (χ3v) is 2.07. The Morgan fingerprint density at radius 3 is 2.59 bits per heavy atom. The summed E-state index contributed by atoms with van der Waals surface area (Å²) < 4.78 is 13.0. The van der Waals surface area contributed by atoms with Gasteiger partial charge in [-0.2, -0.15) is 0 Å². The van der Waals surface area contributed by atoms with Gasteiger partial charge in [0, 0.05) is 5.69 Å². The van der Waals surface area contributed by atoms with E-state index in [9.17, 15) is 14.0 Å². The van der Waals surface area contributed by atoms with E-state index in [1.807, 2.05) is 0 Å². The van der Waals surface area contributed by atoms with Gasteiger partial charge < -0.3 is 16.8 Å². The van der Waals surface area contributed by atoms with Crippen LogP contribution in [0.15, 0.2) is 18.2 Å². The summed E-state index contributed by atoms with van der Waals surface area (Å²) in [5.74, 6) is -1.69. The minimum Gasteiger partial charge on any atom is -0.370 e. The molecule has 1 aromatic carbocycles. The zero-order valence-electron chi connectivity index (χ0n) is 9.37. The topological polar surface area (TPSA) is 98.2 Å². The molecule has 0 aromatic heterocycles. The number of nitrogens with one attached hydrogen (secondary N) is 1. The van der Waals surface area contributed by atoms with Crippen molar-refractivity contribution in [2.24, 2.45) is 11.5 Å². The van der Waals surface area contributed by atoms with Crippen LogP contribution in [0, 0.1) is 12.7 Å². The van der Waals surface area contributed by atoms with Crippen LogP contribution in [-0.2, 0) is 9.59 Å². The van der Waals surface area contributed by atoms with Gasteiger partial charge in [-0.1, -0.05) is 0 Å². The Kier molecular flexibility index (Phi) is 4.17. The molecule has 6 heteroatoms. The van der Waals surface area contributed by atoms with Gasteiger partial charge >= 0.3 is 0 Å². The summed E-state index contributed by atoms with van der Waals surface area (Å²) in [7, 11) is 0. The van der Waals surface area contributed by atoms with Crippen LogP contribution >= 0.6 is 0 Å². The number of primary amides is 1. The Bertz CT molecular complexity index is 428. The van der Waals surface area contributed by atoms with Gasteiger partial charge in [-0.3, -0.25) is 9.59 Å². The van der Waals surface area contributed by atoms with Crippen LogP contribution in [0.4, 0.5) is 10.1 Å². The van der Waals surface area contributed by atoms with Crippen molar-refractivity contribution in [3.63, 3.8) is 0 Å². The normalized spacial score (nSPS) is 11.9. The lowest BCUT2D eigenvalue weighted by Crippen LogP contribution is -2.39. The molecule has 0 radical (unpaired) electrons. The standard InChI is InChI=1S/C11H14FN3O2/c1-6-2-7(12)4-8(3-6)15-11(17)9(13)5-10(14)16/h2-4,9H,5,13H2,1H3,(H2,14,16)(H,15,17). The molecule has 0 aliphatic rings. The molecule has 0 saturated carbocycles. The molecule has 0 saturated heterocycles. The number of rotatable bonds is 4. The van der Waals surface area contributed by atoms with E-state index < -0.39 is 23.7 Å². The Balaban J connectivity index is 2.70. The molecular weight excluding hydrogens is 225 g/mol. The predicted molar refractivity (Wildman–Crippen MR) is 61.6 cm³/mol. The average molecular weight is 239 g/mol. The Hall–Kier alpha value is -1.95. The Labute approximate surface area is 98.0 Å². The van der Waals surface area contributed by atoms with Gasteiger partial charge in [0.25, 0.3) is 0 Å². The van der Waals surface area contributed by atoms with E-state index in [0.717, 1.165) is 0 Å². The van der Waals surface area contributed by atoms with E-state index in [1.165, 1.54) is 12.1 Å². The molecule has 92 valence electrons. The van der Waals surface area contributed by atoms with Crippen molar-refractivity contribution in [3.05, 3.63) is 29.6 Å². The van der Waals surface area contributed by atoms with Gasteiger partial charge in [0.15, 0.2) is 0 Å². The van der Waals surface area contributed by atoms with Crippen molar-refractivity contribution in [3.8, 4) is 0 Å². The zero-order chi connectivity index (χ0) is 13.0. The van der Waals surface area contributed by atoms with Crippen LogP contribution in [0.2, 0.25) is 0 Å². The van der Waals surface area contributed by atoms with E-state index >= 15 is 0 Å². The summed E-state index contributed by atoms with van der Waals surface area (Å²) >= 11 is 0. The van der Waals surface area contributed by atoms with E-state index in [0.29, 0.717) is 11.3 Å². The third kappa shape index (κ3) is 4.20. The summed E-state index contributed by atoms with van der Waals surface area (Å²) in [6, 6.07) is 3.06. The van der Waals surface area contributed by atoms with Crippen molar-refractivity contribution >= 4 is 17.5 Å². The number of hydrogen-bond acceptors (Lipinski definition) is 3. The van der Waals surface area contributed by atoms with Gasteiger partial charge in [-0.05, 0) is 30.7 Å². The lowest BCUT2D eigenvalue weighted by Gasteiger charge is -2.11. The van der Waals surface area contributed by atoms with Gasteiger partial charge in [0.2, 0.25) is 11.8 Å². The van der Waals surface area contributed by atoms with Crippen molar-refractivity contribution in [2.45, 2.75) is 19.4 Å². The van der Waals surface area contributed by atoms with Crippen molar-refractivity contribution in [1.29, 1.82) is 0 Å². The van der Waals surface area contributed by atoms with Crippen molar-refractivity contribution in [1.82, 2.24) is 0 Å². The minimum absolute atomic E-state index is 0.250. The van der Waals surface area contributed by atoms with Crippen LogP contribution < -0.4 is 16.8 Å². The number of hydrogen-bond donors (Lipinski definition) is 3. The first kappa shape index (κ1) is 13.1. The van der Waals surface area contributed by atoms with Gasteiger partial charge in [0.05, 0.1) is 12.5 Å². The number of amides is 2. The molecule has 0 bridgehead atoms. The smallest absolute Gasteiger partial charge is 0.241 e. The van der Waals surface area contributed by atoms with Crippen LogP contribution in [-0.4, -0.2) is 17.9 Å². The largest absolute Gasteiger partial charge is 0.370 e. The van der Waals surface area contributed by atoms with E-state index in [1.54, 1.807) is 13.0 Å². The summed E-state index contributed by atoms with van der Waals surface area (Å²) in [5.41, 5.74) is 11.3. The SMILES string of the molecule is Cc1cc(F)cc(NC(=O)C(N)CC(N)=O)c1. The van der Waals surface area contributed by atoms with Gasteiger partial charge in [-0.25, -0.2) is 4.39 Å². The fraction of sp³-hybridized carbons (Fsp3) is 0.273. The third-order valence-electron chi connectivity index (χ3n) is 2.07. The van der Waals surface area contributed by atoms with E-state index in [4.69, 9.17) is 11.5 Å². The average Bonchev–Trinajstić information content (AvgIpc) is 2.14. The Morgan fingerprint density at radius 1 is 1.41 bits per heavy atom. The fourth-order valence-corrected chi connectivity index (χ4v) is 1.35. The van der Waals surface area contributed by atoms with Crippen LogP contribution in [0.1, 0.15) is 12.0 Å². The second-order valence-electron chi connectivity index (χ2n) is 3.78.